The highest BCUT2D eigenvalue weighted by molar-refractivity contribution is 5.90. The molecule has 1 amide bonds. The molecule has 7 heteroatoms. The van der Waals surface area contributed by atoms with E-state index in [1.54, 1.807) is 12.3 Å². The minimum absolute atomic E-state index is 0.316. The third-order valence-electron chi connectivity index (χ3n) is 5.83. The number of nitrogens with zero attached hydrogens (tertiary/aromatic N) is 2. The Labute approximate surface area is 189 Å². The number of carbonyl (C=O) groups excluding carboxylic acids is 1. The molecule has 2 aliphatic heterocycles. The van der Waals surface area contributed by atoms with Crippen molar-refractivity contribution < 1.29 is 14.4 Å². The Morgan fingerprint density at radius 2 is 1.97 bits per heavy atom. The van der Waals surface area contributed by atoms with Gasteiger partial charge in [0.2, 0.25) is 0 Å². The highest BCUT2D eigenvalue weighted by Gasteiger charge is 2.19. The average Bonchev–Trinajstić information content (AvgIpc) is 2.85. The van der Waals surface area contributed by atoms with Crippen LogP contribution in [0.4, 0.5) is 5.82 Å². The molecule has 0 saturated carbocycles. The highest BCUT2D eigenvalue weighted by Crippen LogP contribution is 2.18. The minimum atomic E-state index is -0.349. The van der Waals surface area contributed by atoms with Crippen LogP contribution in [0, 0.1) is 0 Å². The summed E-state index contributed by atoms with van der Waals surface area (Å²) in [4.78, 5) is 24.2. The Bertz CT molecular complexity index is 859. The number of hydrogen-bond donors (Lipinski definition) is 2. The quantitative estimate of drug-likeness (QED) is 0.485. The molecule has 2 aromatic rings. The number of carbonyl (C=O) groups is 1. The lowest BCUT2D eigenvalue weighted by Crippen LogP contribution is -2.38. The number of ether oxygens (including phenoxy) is 1. The second-order valence-electron chi connectivity index (χ2n) is 8.37. The van der Waals surface area contributed by atoms with Crippen molar-refractivity contribution in [2.45, 2.75) is 51.0 Å². The standard InChI is InChI=1S/C25H32N4O3/c30-24(28-32-25-8-4-5-17-31-25)12-10-20-9-11-23(26-18-20)27-22-13-15-29(16-14-22)19-21-6-2-1-3-7-21/h1-3,6-7,9-12,18,22,25H,4-5,8,13-17,19H2,(H,26,27)(H,28,30)/b12-10+. The van der Waals surface area contributed by atoms with Crippen molar-refractivity contribution in [3.63, 3.8) is 0 Å². The third-order valence-corrected chi connectivity index (χ3v) is 5.83. The van der Waals surface area contributed by atoms with Crippen LogP contribution in [0.3, 0.4) is 0 Å². The van der Waals surface area contributed by atoms with Crippen LogP contribution in [-0.4, -0.2) is 47.8 Å². The van der Waals surface area contributed by atoms with Crippen LogP contribution in [0.5, 0.6) is 0 Å². The van der Waals surface area contributed by atoms with Crippen LogP contribution < -0.4 is 10.8 Å². The van der Waals surface area contributed by atoms with Gasteiger partial charge < -0.3 is 10.1 Å². The van der Waals surface area contributed by atoms with E-state index in [2.05, 4.69) is 51.0 Å². The molecule has 0 radical (unpaired) electrons. The zero-order chi connectivity index (χ0) is 22.0. The third kappa shape index (κ3) is 7.15. The Hall–Kier alpha value is -2.74. The molecule has 0 aliphatic carbocycles. The van der Waals surface area contributed by atoms with E-state index >= 15 is 0 Å². The van der Waals surface area contributed by atoms with Crippen LogP contribution in [-0.2, 0) is 20.9 Å². The van der Waals surface area contributed by atoms with Gasteiger partial charge in [-0.2, -0.15) is 0 Å². The first-order chi connectivity index (χ1) is 15.7. The van der Waals surface area contributed by atoms with Crippen molar-refractivity contribution in [3.05, 3.63) is 65.9 Å². The number of rotatable bonds is 8. The fourth-order valence-electron chi connectivity index (χ4n) is 4.01. The maximum atomic E-state index is 11.9. The highest BCUT2D eigenvalue weighted by atomic mass is 16.8. The minimum Gasteiger partial charge on any atom is -0.367 e. The first-order valence-electron chi connectivity index (χ1n) is 11.5. The molecular weight excluding hydrogens is 404 g/mol. The molecule has 32 heavy (non-hydrogen) atoms. The van der Waals surface area contributed by atoms with Crippen molar-refractivity contribution in [3.8, 4) is 0 Å². The van der Waals surface area contributed by atoms with E-state index in [9.17, 15) is 4.79 Å². The summed E-state index contributed by atoms with van der Waals surface area (Å²) in [6.45, 7) is 3.85. The van der Waals surface area contributed by atoms with E-state index in [1.807, 2.05) is 12.1 Å². The molecule has 2 saturated heterocycles. The lowest BCUT2D eigenvalue weighted by atomic mass is 10.0. The van der Waals surface area contributed by atoms with Gasteiger partial charge in [-0.1, -0.05) is 30.3 Å². The second-order valence-corrected chi connectivity index (χ2v) is 8.37. The first-order valence-corrected chi connectivity index (χ1v) is 11.5. The number of aromatic nitrogens is 1. The Morgan fingerprint density at radius 3 is 2.69 bits per heavy atom. The molecule has 1 aromatic heterocycles. The van der Waals surface area contributed by atoms with E-state index in [0.717, 1.165) is 63.1 Å². The number of benzene rings is 1. The summed E-state index contributed by atoms with van der Waals surface area (Å²) < 4.78 is 5.42. The molecule has 1 atom stereocenters. The topological polar surface area (TPSA) is 75.7 Å². The van der Waals surface area contributed by atoms with Gasteiger partial charge in [-0.05, 0) is 55.0 Å². The van der Waals surface area contributed by atoms with Gasteiger partial charge in [-0.15, -0.1) is 0 Å². The van der Waals surface area contributed by atoms with E-state index in [1.165, 1.54) is 11.6 Å². The molecule has 4 rings (SSSR count). The van der Waals surface area contributed by atoms with Gasteiger partial charge in [0.15, 0.2) is 6.29 Å². The summed E-state index contributed by atoms with van der Waals surface area (Å²) in [5.41, 5.74) is 4.65. The second kappa shape index (κ2) is 11.8. The molecule has 3 heterocycles. The SMILES string of the molecule is O=C(/C=C/c1ccc(NC2CCN(Cc3ccccc3)CC2)nc1)NOC1CCCCO1. The Morgan fingerprint density at radius 1 is 1.12 bits per heavy atom. The zero-order valence-corrected chi connectivity index (χ0v) is 18.4. The fourth-order valence-corrected chi connectivity index (χ4v) is 4.01. The van der Waals surface area contributed by atoms with Crippen molar-refractivity contribution >= 4 is 17.8 Å². The molecule has 2 fully saturated rings. The van der Waals surface area contributed by atoms with E-state index in [-0.39, 0.29) is 12.2 Å². The van der Waals surface area contributed by atoms with Crippen LogP contribution in [0.15, 0.2) is 54.7 Å². The number of piperidine rings is 1. The lowest BCUT2D eigenvalue weighted by molar-refractivity contribution is -0.198. The summed E-state index contributed by atoms with van der Waals surface area (Å²) in [5.74, 6) is 0.550. The van der Waals surface area contributed by atoms with Crippen molar-refractivity contribution in [1.82, 2.24) is 15.4 Å². The van der Waals surface area contributed by atoms with Gasteiger partial charge >= 0.3 is 0 Å². The smallest absolute Gasteiger partial charge is 0.267 e. The molecule has 0 bridgehead atoms. The van der Waals surface area contributed by atoms with E-state index < -0.39 is 0 Å². The van der Waals surface area contributed by atoms with Gasteiger partial charge in [0.1, 0.15) is 5.82 Å². The number of nitrogens with one attached hydrogen (secondary N) is 2. The molecular formula is C25H32N4O3. The normalized spacial score (nSPS) is 20.3. The number of anilines is 1. The maximum Gasteiger partial charge on any atom is 0.267 e. The predicted octanol–water partition coefficient (Wildman–Crippen LogP) is 3.75. The molecule has 1 unspecified atom stereocenters. The number of likely N-dealkylation sites (tertiary alicyclic amines) is 1. The predicted molar refractivity (Wildman–Crippen MR) is 124 cm³/mol. The van der Waals surface area contributed by atoms with Crippen LogP contribution in [0.2, 0.25) is 0 Å². The zero-order valence-electron chi connectivity index (χ0n) is 18.4. The number of amides is 1. The molecule has 0 spiro atoms. The molecule has 1 aromatic carbocycles. The molecule has 2 N–H and O–H groups in total. The van der Waals surface area contributed by atoms with Gasteiger partial charge in [0.05, 0.1) is 0 Å². The van der Waals surface area contributed by atoms with E-state index in [4.69, 9.17) is 9.57 Å². The summed E-state index contributed by atoms with van der Waals surface area (Å²) in [7, 11) is 0. The summed E-state index contributed by atoms with van der Waals surface area (Å²) >= 11 is 0. The van der Waals surface area contributed by atoms with Crippen molar-refractivity contribution in [2.24, 2.45) is 0 Å². The number of hydroxylamine groups is 1. The van der Waals surface area contributed by atoms with Crippen molar-refractivity contribution in [2.75, 3.05) is 25.0 Å². The fraction of sp³-hybridized carbons (Fsp3) is 0.440. The lowest BCUT2D eigenvalue weighted by Gasteiger charge is -2.32. The Balaban J connectivity index is 1.17. The monoisotopic (exact) mass is 436 g/mol. The van der Waals surface area contributed by atoms with Crippen LogP contribution >= 0.6 is 0 Å². The molecule has 170 valence electrons. The van der Waals surface area contributed by atoms with Crippen LogP contribution in [0.1, 0.15) is 43.2 Å². The largest absolute Gasteiger partial charge is 0.367 e. The number of pyridine rings is 1. The molecule has 2 aliphatic rings. The number of hydrogen-bond acceptors (Lipinski definition) is 6. The average molecular weight is 437 g/mol. The summed E-state index contributed by atoms with van der Waals surface area (Å²) in [5, 5.41) is 3.54. The van der Waals surface area contributed by atoms with Crippen LogP contribution in [0.25, 0.3) is 6.08 Å². The van der Waals surface area contributed by atoms with Gasteiger partial charge in [0, 0.05) is 51.0 Å². The van der Waals surface area contributed by atoms with Gasteiger partial charge in [0.25, 0.3) is 5.91 Å². The van der Waals surface area contributed by atoms with Crippen molar-refractivity contribution in [1.29, 1.82) is 0 Å². The van der Waals surface area contributed by atoms with E-state index in [0.29, 0.717) is 12.6 Å². The van der Waals surface area contributed by atoms with Gasteiger partial charge in [-0.3, -0.25) is 9.69 Å². The summed E-state index contributed by atoms with van der Waals surface area (Å²) in [6.07, 6.45) is 9.67. The van der Waals surface area contributed by atoms with Gasteiger partial charge in [-0.25, -0.2) is 15.3 Å². The molecule has 7 nitrogen and oxygen atoms in total. The first kappa shape index (κ1) is 22.5. The Kier molecular flexibility index (Phi) is 8.25. The maximum absolute atomic E-state index is 11.9. The summed E-state index contributed by atoms with van der Waals surface area (Å²) in [6, 6.07) is 15.0.